The first-order valence-corrected chi connectivity index (χ1v) is 9.66. The van der Waals surface area contributed by atoms with Gasteiger partial charge in [-0.3, -0.25) is 10.1 Å². The molecule has 0 saturated carbocycles. The van der Waals surface area contributed by atoms with Gasteiger partial charge in [0.05, 0.1) is 11.5 Å². The molecule has 1 aromatic rings. The van der Waals surface area contributed by atoms with Crippen LogP contribution in [0.15, 0.2) is 24.3 Å². The van der Waals surface area contributed by atoms with Gasteiger partial charge >= 0.3 is 5.97 Å². The highest BCUT2D eigenvalue weighted by atomic mass is 16.8. The highest BCUT2D eigenvalue weighted by Gasteiger charge is 2.52. The first-order valence-electron chi connectivity index (χ1n) is 9.66. The van der Waals surface area contributed by atoms with Crippen LogP contribution in [-0.4, -0.2) is 115 Å². The maximum atomic E-state index is 11.3. The lowest BCUT2D eigenvalue weighted by Crippen LogP contribution is -2.65. The van der Waals surface area contributed by atoms with Gasteiger partial charge in [-0.2, -0.15) is 0 Å². The van der Waals surface area contributed by atoms with Crippen LogP contribution in [0.1, 0.15) is 0 Å². The van der Waals surface area contributed by atoms with E-state index in [4.69, 9.17) is 24.1 Å². The Labute approximate surface area is 185 Å². The summed E-state index contributed by atoms with van der Waals surface area (Å²) in [4.78, 5) is 21.4. The van der Waals surface area contributed by atoms with Gasteiger partial charge in [0.25, 0.3) is 5.69 Å². The number of hydrogen-bond donors (Lipinski definition) is 7. The second-order valence-electron chi connectivity index (χ2n) is 7.41. The van der Waals surface area contributed by atoms with Crippen molar-refractivity contribution in [2.45, 2.75) is 61.4 Å². The third-order valence-electron chi connectivity index (χ3n) is 5.23. The Kier molecular flexibility index (Phi) is 7.78. The van der Waals surface area contributed by atoms with Gasteiger partial charge in [-0.1, -0.05) is 0 Å². The van der Waals surface area contributed by atoms with Crippen molar-refractivity contribution in [2.75, 3.05) is 6.61 Å². The Hall–Kier alpha value is -2.47. The minimum absolute atomic E-state index is 0.00320. The van der Waals surface area contributed by atoms with E-state index in [2.05, 4.69) is 0 Å². The van der Waals surface area contributed by atoms with Crippen LogP contribution >= 0.6 is 0 Å². The second-order valence-corrected chi connectivity index (χ2v) is 7.41. The molecule has 184 valence electrons. The van der Waals surface area contributed by atoms with E-state index in [1.54, 1.807) is 0 Å². The Morgan fingerprint density at radius 1 is 0.939 bits per heavy atom. The zero-order chi connectivity index (χ0) is 24.4. The molecule has 3 rings (SSSR count). The third-order valence-corrected chi connectivity index (χ3v) is 5.23. The van der Waals surface area contributed by atoms with Crippen LogP contribution in [0.25, 0.3) is 0 Å². The summed E-state index contributed by atoms with van der Waals surface area (Å²) in [5.41, 5.74) is -0.241. The summed E-state index contributed by atoms with van der Waals surface area (Å²) >= 11 is 0. The van der Waals surface area contributed by atoms with Gasteiger partial charge in [0, 0.05) is 12.1 Å². The van der Waals surface area contributed by atoms with Crippen molar-refractivity contribution in [3.63, 3.8) is 0 Å². The van der Waals surface area contributed by atoms with Gasteiger partial charge in [-0.25, -0.2) is 4.79 Å². The van der Waals surface area contributed by atoms with Crippen molar-refractivity contribution in [2.24, 2.45) is 0 Å². The molecule has 0 unspecified atom stereocenters. The number of carboxylic acid groups (broad SMARTS) is 1. The predicted octanol–water partition coefficient (Wildman–Crippen LogP) is -3.31. The molecular weight excluding hydrogens is 454 g/mol. The van der Waals surface area contributed by atoms with Gasteiger partial charge in [0.1, 0.15) is 42.4 Å². The first-order chi connectivity index (χ1) is 15.5. The molecule has 0 aromatic heterocycles. The Balaban J connectivity index is 1.83. The van der Waals surface area contributed by atoms with E-state index in [-0.39, 0.29) is 11.4 Å². The van der Waals surface area contributed by atoms with E-state index in [0.29, 0.717) is 0 Å². The lowest BCUT2D eigenvalue weighted by molar-refractivity contribution is -0.384. The number of hydrogen-bond acceptors (Lipinski definition) is 13. The van der Waals surface area contributed by atoms with E-state index in [9.17, 15) is 45.5 Å². The van der Waals surface area contributed by atoms with E-state index >= 15 is 0 Å². The van der Waals surface area contributed by atoms with Gasteiger partial charge < -0.3 is 54.7 Å². The maximum absolute atomic E-state index is 11.3. The molecule has 2 saturated heterocycles. The molecule has 0 radical (unpaired) electrons. The number of benzene rings is 1. The summed E-state index contributed by atoms with van der Waals surface area (Å²) in [6, 6.07) is 4.64. The fraction of sp³-hybridized carbons (Fsp3) is 0.611. The van der Waals surface area contributed by atoms with Crippen LogP contribution in [0.5, 0.6) is 5.75 Å². The van der Waals surface area contributed by atoms with Crippen molar-refractivity contribution < 1.29 is 64.4 Å². The molecule has 15 heteroatoms. The van der Waals surface area contributed by atoms with E-state index < -0.39 is 78.9 Å². The van der Waals surface area contributed by atoms with Gasteiger partial charge in [-0.05, 0) is 12.1 Å². The zero-order valence-electron chi connectivity index (χ0n) is 16.7. The SMILES string of the molecule is O=C(O)[C@H]1O[C@@H](O[C@H]2[C@@H](Oc3ccc([N+](=O)[O-])cc3)O[C@H](CO)[C@H](O)[C@@H]2O)[C@H](O)[C@@H](O)[C@@H]1O. The van der Waals surface area contributed by atoms with Gasteiger partial charge in [0.2, 0.25) is 6.29 Å². The molecule has 1 aromatic carbocycles. The lowest BCUT2D eigenvalue weighted by Gasteiger charge is -2.45. The number of aliphatic hydroxyl groups excluding tert-OH is 6. The molecule has 2 fully saturated rings. The highest BCUT2D eigenvalue weighted by molar-refractivity contribution is 5.73. The fourth-order valence-corrected chi connectivity index (χ4v) is 3.40. The van der Waals surface area contributed by atoms with Crippen LogP contribution < -0.4 is 4.74 Å². The summed E-state index contributed by atoms with van der Waals surface area (Å²) in [5, 5.41) is 80.0. The maximum Gasteiger partial charge on any atom is 0.335 e. The third kappa shape index (κ3) is 5.21. The number of nitro groups is 1. The van der Waals surface area contributed by atoms with E-state index in [1.807, 2.05) is 0 Å². The summed E-state index contributed by atoms with van der Waals surface area (Å²) in [5.74, 6) is -1.66. The summed E-state index contributed by atoms with van der Waals surface area (Å²) in [7, 11) is 0. The van der Waals surface area contributed by atoms with Crippen LogP contribution in [0, 0.1) is 10.1 Å². The lowest BCUT2D eigenvalue weighted by atomic mass is 9.97. The molecular formula is C18H23NO14. The minimum Gasteiger partial charge on any atom is -0.479 e. The number of aliphatic hydroxyl groups is 6. The quantitative estimate of drug-likeness (QED) is 0.150. The highest BCUT2D eigenvalue weighted by Crippen LogP contribution is 2.31. The largest absolute Gasteiger partial charge is 0.479 e. The molecule has 2 aliphatic heterocycles. The van der Waals surface area contributed by atoms with Crippen LogP contribution in [-0.2, 0) is 19.0 Å². The number of ether oxygens (including phenoxy) is 4. The number of carbonyl (C=O) groups is 1. The van der Waals surface area contributed by atoms with E-state index in [1.165, 1.54) is 12.1 Å². The monoisotopic (exact) mass is 477 g/mol. The van der Waals surface area contributed by atoms with Gasteiger partial charge in [-0.15, -0.1) is 0 Å². The molecule has 10 atom stereocenters. The summed E-state index contributed by atoms with van der Waals surface area (Å²) < 4.78 is 21.4. The molecule has 2 aliphatic rings. The zero-order valence-corrected chi connectivity index (χ0v) is 16.7. The number of nitro benzene ring substituents is 1. The van der Waals surface area contributed by atoms with Crippen LogP contribution in [0.2, 0.25) is 0 Å². The van der Waals surface area contributed by atoms with Crippen molar-refractivity contribution in [3.05, 3.63) is 34.4 Å². The number of non-ortho nitro benzene ring substituents is 1. The molecule has 15 nitrogen and oxygen atoms in total. The number of aliphatic carboxylic acids is 1. The molecule has 0 amide bonds. The number of carboxylic acids is 1. The Morgan fingerprint density at radius 2 is 1.58 bits per heavy atom. The van der Waals surface area contributed by atoms with Crippen molar-refractivity contribution in [1.29, 1.82) is 0 Å². The fourth-order valence-electron chi connectivity index (χ4n) is 3.40. The van der Waals surface area contributed by atoms with Gasteiger partial charge in [0.15, 0.2) is 18.5 Å². The van der Waals surface area contributed by atoms with Crippen LogP contribution in [0.3, 0.4) is 0 Å². The second kappa shape index (κ2) is 10.2. The number of nitrogens with zero attached hydrogens (tertiary/aromatic N) is 1. The summed E-state index contributed by atoms with van der Waals surface area (Å²) in [6.07, 6.45) is -18.0. The Morgan fingerprint density at radius 3 is 2.12 bits per heavy atom. The molecule has 7 N–H and O–H groups in total. The average molecular weight is 477 g/mol. The van der Waals surface area contributed by atoms with Crippen LogP contribution in [0.4, 0.5) is 5.69 Å². The molecule has 33 heavy (non-hydrogen) atoms. The topological polar surface area (TPSA) is 239 Å². The predicted molar refractivity (Wildman–Crippen MR) is 101 cm³/mol. The molecule has 0 bridgehead atoms. The standard InChI is InChI=1S/C18H23NO14/c20-5-8-9(21)11(23)15(18(31-8)30-7-3-1-6(2-4-7)19(28)29)33-17-13(25)10(22)12(24)14(32-17)16(26)27/h1-4,8-15,17-18,20-25H,5H2,(H,26,27)/t8-,9+,10+,11+,12+,13-,14+,15-,17+,18+/m1/s1. The molecule has 0 spiro atoms. The Bertz CT molecular complexity index is 836. The van der Waals surface area contributed by atoms with Crippen molar-refractivity contribution >= 4 is 11.7 Å². The van der Waals surface area contributed by atoms with Crippen molar-refractivity contribution in [1.82, 2.24) is 0 Å². The average Bonchev–Trinajstić information content (AvgIpc) is 2.78. The smallest absolute Gasteiger partial charge is 0.335 e. The van der Waals surface area contributed by atoms with Crippen molar-refractivity contribution in [3.8, 4) is 5.75 Å². The van der Waals surface area contributed by atoms with E-state index in [0.717, 1.165) is 12.1 Å². The normalized spacial score (nSPS) is 39.1. The molecule has 2 heterocycles. The number of rotatable bonds is 7. The molecule has 0 aliphatic carbocycles. The first kappa shape index (κ1) is 25.2. The minimum atomic E-state index is -1.99. The summed E-state index contributed by atoms with van der Waals surface area (Å²) in [6.45, 7) is -0.736.